The van der Waals surface area contributed by atoms with Gasteiger partial charge in [0.05, 0.1) is 35.7 Å². The lowest BCUT2D eigenvalue weighted by Crippen LogP contribution is -2.47. The number of primary amides is 1. The zero-order valence-corrected chi connectivity index (χ0v) is 23.7. The first-order valence-electron chi connectivity index (χ1n) is 11.7. The number of hydrogen-bond acceptors (Lipinski definition) is 8. The van der Waals surface area contributed by atoms with Crippen LogP contribution in [0.15, 0.2) is 71.6 Å². The van der Waals surface area contributed by atoms with Gasteiger partial charge in [-0.3, -0.25) is 19.1 Å². The molecule has 0 saturated carbocycles. The molecule has 0 aromatic heterocycles. The highest BCUT2D eigenvalue weighted by Crippen LogP contribution is 2.35. The molecule has 15 heteroatoms. The first-order valence-corrected chi connectivity index (χ1v) is 13.9. The first-order chi connectivity index (χ1) is 19.4. The third-order valence-electron chi connectivity index (χ3n) is 5.31. The van der Waals surface area contributed by atoms with E-state index in [1.165, 1.54) is 36.4 Å². The predicted molar refractivity (Wildman–Crippen MR) is 150 cm³/mol. The molecule has 3 rings (SSSR count). The van der Waals surface area contributed by atoms with Gasteiger partial charge in [-0.1, -0.05) is 35.3 Å². The Morgan fingerprint density at radius 1 is 0.951 bits per heavy atom. The minimum absolute atomic E-state index is 0.0551. The van der Waals surface area contributed by atoms with Crippen LogP contribution >= 0.6 is 23.2 Å². The molecule has 0 fully saturated rings. The highest BCUT2D eigenvalue weighted by Gasteiger charge is 2.24. The Kier molecular flexibility index (Phi) is 10.5. The van der Waals surface area contributed by atoms with Crippen LogP contribution in [-0.4, -0.2) is 51.8 Å². The average Bonchev–Trinajstić information content (AvgIpc) is 2.93. The monoisotopic (exact) mass is 622 g/mol. The summed E-state index contributed by atoms with van der Waals surface area (Å²) in [6.45, 7) is -0.541. The lowest BCUT2D eigenvalue weighted by Gasteiger charge is -2.15. The number of esters is 1. The van der Waals surface area contributed by atoms with Gasteiger partial charge >= 0.3 is 5.97 Å². The Morgan fingerprint density at radius 3 is 2.27 bits per heavy atom. The Balaban J connectivity index is 1.65. The van der Waals surface area contributed by atoms with Crippen molar-refractivity contribution in [1.29, 1.82) is 0 Å². The van der Waals surface area contributed by atoms with Gasteiger partial charge in [0.1, 0.15) is 11.8 Å². The lowest BCUT2D eigenvalue weighted by molar-refractivity contribution is -0.146. The Bertz CT molecular complexity index is 1570. The van der Waals surface area contributed by atoms with Gasteiger partial charge in [0.2, 0.25) is 11.8 Å². The molecule has 0 bridgehead atoms. The lowest BCUT2D eigenvalue weighted by atomic mass is 10.2. The maximum Gasteiger partial charge on any atom is 0.328 e. The number of nitrogens with one attached hydrogen (secondary N) is 3. The number of methoxy groups -OCH3 is 1. The van der Waals surface area contributed by atoms with Crippen LogP contribution in [-0.2, 0) is 29.1 Å². The minimum atomic E-state index is -4.11. The van der Waals surface area contributed by atoms with Crippen molar-refractivity contribution in [1.82, 2.24) is 10.6 Å². The number of halogens is 2. The minimum Gasteiger partial charge on any atom is -0.467 e. The number of benzene rings is 3. The quantitative estimate of drug-likeness (QED) is 0.222. The van der Waals surface area contributed by atoms with Crippen LogP contribution in [0.4, 0.5) is 5.69 Å². The Morgan fingerprint density at radius 2 is 1.63 bits per heavy atom. The zero-order chi connectivity index (χ0) is 30.2. The number of carbonyl (C=O) groups is 4. The molecule has 0 aliphatic carbocycles. The van der Waals surface area contributed by atoms with Gasteiger partial charge < -0.3 is 25.8 Å². The van der Waals surface area contributed by atoms with Crippen molar-refractivity contribution in [2.45, 2.75) is 17.4 Å². The van der Waals surface area contributed by atoms with E-state index in [1.54, 1.807) is 30.3 Å². The summed E-state index contributed by atoms with van der Waals surface area (Å²) in [5, 5.41) is 5.21. The van der Waals surface area contributed by atoms with Crippen molar-refractivity contribution in [3.63, 3.8) is 0 Å². The molecule has 5 N–H and O–H groups in total. The van der Waals surface area contributed by atoms with Gasteiger partial charge in [-0.2, -0.15) is 0 Å². The maximum absolute atomic E-state index is 13.0. The van der Waals surface area contributed by atoms with E-state index in [2.05, 4.69) is 20.1 Å². The molecule has 0 unspecified atom stereocenters. The second kappa shape index (κ2) is 13.8. The van der Waals surface area contributed by atoms with Gasteiger partial charge in [-0.25, -0.2) is 13.2 Å². The van der Waals surface area contributed by atoms with E-state index in [-0.39, 0.29) is 32.7 Å². The topological polar surface area (TPSA) is 183 Å². The number of hydrogen-bond donors (Lipinski definition) is 4. The molecule has 0 aliphatic heterocycles. The SMILES string of the molecule is COC(=O)[C@H](CC(N)=O)NC(=O)CNC(=O)c1ccc(S(=O)(=O)Nc2ccccc2Oc2ccc(Cl)cc2Cl)cc1. The van der Waals surface area contributed by atoms with Crippen molar-refractivity contribution in [3.8, 4) is 11.5 Å². The molecule has 3 amide bonds. The van der Waals surface area contributed by atoms with Crippen LogP contribution in [0.3, 0.4) is 0 Å². The number of amides is 3. The highest BCUT2D eigenvalue weighted by atomic mass is 35.5. The van der Waals surface area contributed by atoms with Crippen LogP contribution in [0.2, 0.25) is 10.0 Å². The summed E-state index contributed by atoms with van der Waals surface area (Å²) in [5.74, 6) is -2.74. The van der Waals surface area contributed by atoms with E-state index < -0.39 is 52.7 Å². The van der Waals surface area contributed by atoms with E-state index in [4.69, 9.17) is 33.7 Å². The van der Waals surface area contributed by atoms with Gasteiger partial charge in [0, 0.05) is 10.6 Å². The summed E-state index contributed by atoms with van der Waals surface area (Å²) < 4.78 is 38.8. The van der Waals surface area contributed by atoms with Crippen molar-refractivity contribution in [2.24, 2.45) is 5.73 Å². The summed E-state index contributed by atoms with van der Waals surface area (Å²) in [6, 6.07) is 14.5. The van der Waals surface area contributed by atoms with Crippen molar-refractivity contribution in [2.75, 3.05) is 18.4 Å². The Labute approximate surface area is 245 Å². The number of sulfonamides is 1. The van der Waals surface area contributed by atoms with Gasteiger partial charge in [0.25, 0.3) is 15.9 Å². The largest absolute Gasteiger partial charge is 0.467 e. The summed E-state index contributed by atoms with van der Waals surface area (Å²) >= 11 is 12.1. The van der Waals surface area contributed by atoms with Crippen LogP contribution in [0.1, 0.15) is 16.8 Å². The van der Waals surface area contributed by atoms with E-state index in [9.17, 15) is 27.6 Å². The molecule has 0 saturated heterocycles. The zero-order valence-electron chi connectivity index (χ0n) is 21.3. The predicted octanol–water partition coefficient (Wildman–Crippen LogP) is 2.85. The Hall–Kier alpha value is -4.33. The molecule has 41 heavy (non-hydrogen) atoms. The second-order valence-electron chi connectivity index (χ2n) is 8.30. The molecule has 0 heterocycles. The fraction of sp³-hybridized carbons (Fsp3) is 0.154. The van der Waals surface area contributed by atoms with Crippen molar-refractivity contribution in [3.05, 3.63) is 82.3 Å². The standard InChI is InChI=1S/C26H24Cl2N4O8S/c1-39-26(36)20(13-23(29)33)31-24(34)14-30-25(35)15-6-9-17(10-7-15)41(37,38)32-19-4-2-3-5-22(19)40-21-11-8-16(27)12-18(21)28/h2-12,20,32H,13-14H2,1H3,(H2,29,33)(H,30,35)(H,31,34)/t20-/m0/s1. The molecule has 0 radical (unpaired) electrons. The second-order valence-corrected chi connectivity index (χ2v) is 10.8. The van der Waals surface area contributed by atoms with Crippen LogP contribution in [0.25, 0.3) is 0 Å². The molecule has 0 spiro atoms. The number of carbonyl (C=O) groups excluding carboxylic acids is 4. The van der Waals surface area contributed by atoms with Crippen LogP contribution in [0, 0.1) is 0 Å². The van der Waals surface area contributed by atoms with Gasteiger partial charge in [-0.05, 0) is 54.6 Å². The van der Waals surface area contributed by atoms with Gasteiger partial charge in [-0.15, -0.1) is 0 Å². The number of para-hydroxylation sites is 2. The summed E-state index contributed by atoms with van der Waals surface area (Å²) in [6.07, 6.45) is -0.484. The van der Waals surface area contributed by atoms with Crippen molar-refractivity contribution < 1.29 is 37.1 Å². The van der Waals surface area contributed by atoms with E-state index in [1.807, 2.05) is 0 Å². The number of nitrogens with two attached hydrogens (primary N) is 1. The number of anilines is 1. The normalized spacial score (nSPS) is 11.6. The molecule has 12 nitrogen and oxygen atoms in total. The molecule has 3 aromatic carbocycles. The number of ether oxygens (including phenoxy) is 2. The first kappa shape index (κ1) is 31.2. The summed E-state index contributed by atoms with van der Waals surface area (Å²) in [4.78, 5) is 47.2. The molecule has 0 aliphatic rings. The number of rotatable bonds is 12. The summed E-state index contributed by atoms with van der Waals surface area (Å²) in [7, 11) is -3.03. The molecule has 3 aromatic rings. The third kappa shape index (κ3) is 8.83. The fourth-order valence-electron chi connectivity index (χ4n) is 3.35. The molecular formula is C26H24Cl2N4O8S. The molecule has 1 atom stereocenters. The molecule has 216 valence electrons. The summed E-state index contributed by atoms with van der Waals surface area (Å²) in [5.41, 5.74) is 5.25. The van der Waals surface area contributed by atoms with Crippen LogP contribution < -0.4 is 25.8 Å². The highest BCUT2D eigenvalue weighted by molar-refractivity contribution is 7.92. The molecular weight excluding hydrogens is 599 g/mol. The van der Waals surface area contributed by atoms with E-state index in [0.29, 0.717) is 5.02 Å². The third-order valence-corrected chi connectivity index (χ3v) is 7.22. The van der Waals surface area contributed by atoms with Crippen molar-refractivity contribution >= 4 is 62.6 Å². The maximum atomic E-state index is 13.0. The fourth-order valence-corrected chi connectivity index (χ4v) is 4.87. The average molecular weight is 623 g/mol. The smallest absolute Gasteiger partial charge is 0.328 e. The van der Waals surface area contributed by atoms with Crippen LogP contribution in [0.5, 0.6) is 11.5 Å². The van der Waals surface area contributed by atoms with E-state index >= 15 is 0 Å². The van der Waals surface area contributed by atoms with Gasteiger partial charge in [0.15, 0.2) is 5.75 Å². The van der Waals surface area contributed by atoms with E-state index in [0.717, 1.165) is 7.11 Å².